The molecule has 1 aliphatic carbocycles. The van der Waals surface area contributed by atoms with E-state index in [0.717, 1.165) is 39.0 Å². The molecule has 0 spiro atoms. The van der Waals surface area contributed by atoms with Crippen LogP contribution in [0.2, 0.25) is 0 Å². The van der Waals surface area contributed by atoms with Crippen molar-refractivity contribution in [3.63, 3.8) is 0 Å². The van der Waals surface area contributed by atoms with Gasteiger partial charge < -0.3 is 10.1 Å². The van der Waals surface area contributed by atoms with Gasteiger partial charge in [-0.05, 0) is 19.3 Å². The number of quaternary nitrogens is 1. The number of hydrogen-bond acceptors (Lipinski definition) is 2. The summed E-state index contributed by atoms with van der Waals surface area (Å²) in [5, 5.41) is 2.70. The lowest BCUT2D eigenvalue weighted by Crippen LogP contribution is -2.82. The summed E-state index contributed by atoms with van der Waals surface area (Å²) in [4.78, 5) is 2.45. The van der Waals surface area contributed by atoms with Crippen molar-refractivity contribution in [3.05, 3.63) is 12.7 Å². The van der Waals surface area contributed by atoms with E-state index in [0.29, 0.717) is 12.5 Å². The molecule has 110 valence electrons. The fourth-order valence-electron chi connectivity index (χ4n) is 3.07. The molecule has 4 atom stereocenters. The zero-order chi connectivity index (χ0) is 13.7. The van der Waals surface area contributed by atoms with Crippen LogP contribution in [-0.2, 0) is 4.74 Å². The van der Waals surface area contributed by atoms with Crippen LogP contribution in [-0.4, -0.2) is 54.7 Å². The highest BCUT2D eigenvalue weighted by molar-refractivity contribution is 6.24. The van der Waals surface area contributed by atoms with Gasteiger partial charge in [-0.15, -0.1) is 29.8 Å². The van der Waals surface area contributed by atoms with E-state index >= 15 is 0 Å². The Morgan fingerprint density at radius 3 is 2.89 bits per heavy atom. The predicted molar refractivity (Wildman–Crippen MR) is 79.8 cm³/mol. The van der Waals surface area contributed by atoms with Gasteiger partial charge in [-0.3, -0.25) is 0 Å². The molecule has 0 radical (unpaired) electrons. The Balaban J connectivity index is 1.92. The largest absolute Gasteiger partial charge is 0.372 e. The summed E-state index contributed by atoms with van der Waals surface area (Å²) in [6, 6.07) is 0. The van der Waals surface area contributed by atoms with Crippen LogP contribution >= 0.6 is 23.2 Å². The molecule has 2 N–H and O–H groups in total. The molecular weight excluding hydrogens is 283 g/mol. The monoisotopic (exact) mass is 307 g/mol. The van der Waals surface area contributed by atoms with Crippen molar-refractivity contribution in [1.82, 2.24) is 4.90 Å². The van der Waals surface area contributed by atoms with Gasteiger partial charge in [0.15, 0.2) is 0 Å². The van der Waals surface area contributed by atoms with E-state index < -0.39 is 0 Å². The number of hydrogen-bond donors (Lipinski definition) is 1. The van der Waals surface area contributed by atoms with Crippen LogP contribution in [0.3, 0.4) is 0 Å². The molecule has 1 aliphatic heterocycles. The molecule has 0 aromatic heterocycles. The molecular formula is C14H25Cl2N2O+. The normalized spacial score (nSPS) is 34.3. The van der Waals surface area contributed by atoms with Crippen molar-refractivity contribution in [1.29, 1.82) is 0 Å². The van der Waals surface area contributed by atoms with Crippen LogP contribution in [0.1, 0.15) is 19.3 Å². The van der Waals surface area contributed by atoms with E-state index in [1.165, 1.54) is 6.54 Å². The minimum atomic E-state index is 0.137. The molecule has 19 heavy (non-hydrogen) atoms. The Morgan fingerprint density at radius 1 is 1.42 bits per heavy atom. The number of alkyl halides is 2. The summed E-state index contributed by atoms with van der Waals surface area (Å²) in [5.74, 6) is 0.414. The maximum absolute atomic E-state index is 6.52. The summed E-state index contributed by atoms with van der Waals surface area (Å²) < 4.78 is 6.00. The maximum atomic E-state index is 6.52. The fraction of sp³-hybridized carbons (Fsp3) is 0.857. The third-order valence-electron chi connectivity index (χ3n) is 4.14. The highest BCUT2D eigenvalue weighted by Crippen LogP contribution is 2.35. The molecule has 0 bridgehead atoms. The van der Waals surface area contributed by atoms with Gasteiger partial charge in [-0.2, -0.15) is 0 Å². The minimum Gasteiger partial charge on any atom is -0.372 e. The summed E-state index contributed by atoms with van der Waals surface area (Å²) in [6.07, 6.45) is 5.04. The smallest absolute Gasteiger partial charge is 0.132 e. The zero-order valence-corrected chi connectivity index (χ0v) is 13.0. The molecule has 1 saturated heterocycles. The number of rotatable bonds is 6. The van der Waals surface area contributed by atoms with Gasteiger partial charge in [-0.1, -0.05) is 6.08 Å². The molecule has 2 rings (SSSR count). The molecule has 2 aliphatic rings. The lowest BCUT2D eigenvalue weighted by Gasteiger charge is -2.36. The van der Waals surface area contributed by atoms with Crippen molar-refractivity contribution in [2.24, 2.45) is 5.92 Å². The second kappa shape index (κ2) is 7.84. The van der Waals surface area contributed by atoms with E-state index in [4.69, 9.17) is 27.9 Å². The van der Waals surface area contributed by atoms with Crippen molar-refractivity contribution < 1.29 is 10.1 Å². The number of ether oxygens (including phenoxy) is 1. The average molecular weight is 308 g/mol. The quantitative estimate of drug-likeness (QED) is 0.594. The molecule has 0 aromatic carbocycles. The highest BCUT2D eigenvalue weighted by atomic mass is 35.5. The van der Waals surface area contributed by atoms with E-state index in [2.05, 4.69) is 16.8 Å². The van der Waals surface area contributed by atoms with Crippen molar-refractivity contribution in [2.45, 2.75) is 36.1 Å². The average Bonchev–Trinajstić information content (AvgIpc) is 2.88. The Kier molecular flexibility index (Phi) is 6.43. The first-order chi connectivity index (χ1) is 9.20. The summed E-state index contributed by atoms with van der Waals surface area (Å²) in [6.45, 7) is 8.73. The molecule has 0 aromatic rings. The Labute approximate surface area is 126 Å². The first kappa shape index (κ1) is 15.6. The van der Waals surface area contributed by atoms with Crippen LogP contribution in [0.15, 0.2) is 12.7 Å². The number of nitrogens with zero attached hydrogens (tertiary/aromatic N) is 1. The first-order valence-corrected chi connectivity index (χ1v) is 8.12. The van der Waals surface area contributed by atoms with Gasteiger partial charge in [0.1, 0.15) is 6.67 Å². The van der Waals surface area contributed by atoms with E-state index in [1.54, 1.807) is 0 Å². The first-order valence-electron chi connectivity index (χ1n) is 7.25. The molecule has 1 heterocycles. The van der Waals surface area contributed by atoms with Crippen molar-refractivity contribution in [2.75, 3.05) is 32.9 Å². The van der Waals surface area contributed by atoms with Gasteiger partial charge in [0.05, 0.1) is 25.8 Å². The van der Waals surface area contributed by atoms with Crippen LogP contribution in [0.4, 0.5) is 0 Å². The van der Waals surface area contributed by atoms with Crippen LogP contribution < -0.4 is 5.32 Å². The van der Waals surface area contributed by atoms with Crippen LogP contribution in [0.25, 0.3) is 0 Å². The van der Waals surface area contributed by atoms with Crippen LogP contribution in [0, 0.1) is 5.92 Å². The predicted octanol–water partition coefficient (Wildman–Crippen LogP) is 1.41. The standard InChI is InChI=1S/C14H24Cl2N2O/c1-2-7-19-14(9-18-6-5-17-10-18)12-4-3-11(15)8-13(12)16/h2,11-14,17H,1,3-10H2/p+1/t11?,12?,13?,14-/m0/s1. The molecule has 3 nitrogen and oxygen atoms in total. The maximum Gasteiger partial charge on any atom is 0.132 e. The van der Waals surface area contributed by atoms with E-state index in [-0.39, 0.29) is 16.9 Å². The van der Waals surface area contributed by atoms with Crippen molar-refractivity contribution >= 4 is 23.2 Å². The van der Waals surface area contributed by atoms with Gasteiger partial charge >= 0.3 is 0 Å². The number of nitrogens with two attached hydrogens (primary N) is 1. The van der Waals surface area contributed by atoms with Gasteiger partial charge in [-0.25, -0.2) is 4.90 Å². The lowest BCUT2D eigenvalue weighted by molar-refractivity contribution is -0.643. The topological polar surface area (TPSA) is 29.1 Å². The minimum absolute atomic E-state index is 0.137. The third-order valence-corrected chi connectivity index (χ3v) is 5.04. The second-order valence-electron chi connectivity index (χ2n) is 5.59. The molecule has 3 unspecified atom stereocenters. The summed E-state index contributed by atoms with van der Waals surface area (Å²) in [7, 11) is 0. The molecule has 2 fully saturated rings. The SMILES string of the molecule is C=CCO[C@@H](CN1CC[NH2+]C1)C1CCC(Cl)CC1Cl. The third kappa shape index (κ3) is 4.61. The molecule has 1 saturated carbocycles. The Morgan fingerprint density at radius 2 is 2.26 bits per heavy atom. The zero-order valence-electron chi connectivity index (χ0n) is 11.4. The molecule has 0 amide bonds. The Hall–Kier alpha value is 0.200. The number of halogens is 2. The van der Waals surface area contributed by atoms with Gasteiger partial charge in [0.25, 0.3) is 0 Å². The highest BCUT2D eigenvalue weighted by Gasteiger charge is 2.35. The van der Waals surface area contributed by atoms with Crippen molar-refractivity contribution in [3.8, 4) is 0 Å². The van der Waals surface area contributed by atoms with Crippen LogP contribution in [0.5, 0.6) is 0 Å². The van der Waals surface area contributed by atoms with Gasteiger partial charge in [0, 0.05) is 23.2 Å². The molecule has 5 heteroatoms. The summed E-state index contributed by atoms with van der Waals surface area (Å²) >= 11 is 12.7. The van der Waals surface area contributed by atoms with Gasteiger partial charge in [0.2, 0.25) is 0 Å². The van der Waals surface area contributed by atoms with E-state index in [9.17, 15) is 0 Å². The fourth-order valence-corrected chi connectivity index (χ4v) is 3.99. The second-order valence-corrected chi connectivity index (χ2v) is 6.77. The van der Waals surface area contributed by atoms with E-state index in [1.807, 2.05) is 6.08 Å². The lowest BCUT2D eigenvalue weighted by atomic mass is 9.84. The Bertz CT molecular complexity index is 285. The summed E-state index contributed by atoms with van der Waals surface area (Å²) in [5.41, 5.74) is 0.